The van der Waals surface area contributed by atoms with Gasteiger partial charge in [0.1, 0.15) is 11.5 Å². The van der Waals surface area contributed by atoms with E-state index < -0.39 is 0 Å². The zero-order valence-electron chi connectivity index (χ0n) is 13.6. The maximum absolute atomic E-state index is 12.3. The van der Waals surface area contributed by atoms with Crippen LogP contribution in [0.3, 0.4) is 0 Å². The molecule has 0 spiro atoms. The molecule has 0 saturated carbocycles. The Morgan fingerprint density at radius 2 is 1.79 bits per heavy atom. The minimum absolute atomic E-state index is 0.139. The molecule has 24 heavy (non-hydrogen) atoms. The summed E-state index contributed by atoms with van der Waals surface area (Å²) in [6.07, 6.45) is 0.139. The van der Waals surface area contributed by atoms with Gasteiger partial charge < -0.3 is 14.8 Å². The molecule has 0 bridgehead atoms. The van der Waals surface area contributed by atoms with E-state index in [1.165, 1.54) is 0 Å². The fourth-order valence-corrected chi connectivity index (χ4v) is 2.65. The van der Waals surface area contributed by atoms with Crippen LogP contribution in [0.5, 0.6) is 11.5 Å². The molecule has 0 saturated heterocycles. The summed E-state index contributed by atoms with van der Waals surface area (Å²) in [7, 11) is 0. The Hall–Kier alpha value is -1.91. The number of rotatable bonds is 7. The van der Waals surface area contributed by atoms with Crippen LogP contribution in [0, 0.1) is 0 Å². The van der Waals surface area contributed by atoms with Gasteiger partial charge in [-0.15, -0.1) is 0 Å². The van der Waals surface area contributed by atoms with Crippen molar-refractivity contribution in [3.05, 3.63) is 52.0 Å². The molecule has 0 radical (unpaired) electrons. The molecule has 0 aliphatic heterocycles. The highest BCUT2D eigenvalue weighted by Gasteiger charge is 2.12. The van der Waals surface area contributed by atoms with E-state index in [0.717, 1.165) is 0 Å². The number of halogens is 2. The third kappa shape index (κ3) is 5.05. The number of carbonyl (C=O) groups excluding carboxylic acids is 1. The molecule has 1 N–H and O–H groups in total. The van der Waals surface area contributed by atoms with Crippen molar-refractivity contribution in [2.45, 2.75) is 20.3 Å². The number of carbonyl (C=O) groups is 1. The number of hydrogen-bond donors (Lipinski definition) is 1. The van der Waals surface area contributed by atoms with Gasteiger partial charge in [0.25, 0.3) is 0 Å². The van der Waals surface area contributed by atoms with Gasteiger partial charge in [0.15, 0.2) is 0 Å². The average Bonchev–Trinajstić information content (AvgIpc) is 2.53. The lowest BCUT2D eigenvalue weighted by molar-refractivity contribution is -0.115. The molecule has 6 heteroatoms. The Morgan fingerprint density at radius 1 is 1.04 bits per heavy atom. The van der Waals surface area contributed by atoms with E-state index in [2.05, 4.69) is 5.32 Å². The molecule has 0 aliphatic carbocycles. The van der Waals surface area contributed by atoms with E-state index in [4.69, 9.17) is 32.7 Å². The van der Waals surface area contributed by atoms with Gasteiger partial charge in [0.05, 0.1) is 25.3 Å². The van der Waals surface area contributed by atoms with Crippen molar-refractivity contribution in [2.24, 2.45) is 0 Å². The van der Waals surface area contributed by atoms with Crippen molar-refractivity contribution in [2.75, 3.05) is 18.5 Å². The summed E-state index contributed by atoms with van der Waals surface area (Å²) in [4.78, 5) is 12.3. The van der Waals surface area contributed by atoms with Crippen molar-refractivity contribution in [1.82, 2.24) is 0 Å². The molecule has 0 heterocycles. The smallest absolute Gasteiger partial charge is 0.228 e. The molecule has 0 aromatic heterocycles. The van der Waals surface area contributed by atoms with Crippen LogP contribution >= 0.6 is 23.2 Å². The Bertz CT molecular complexity index is 719. The summed E-state index contributed by atoms with van der Waals surface area (Å²) >= 11 is 12.0. The van der Waals surface area contributed by atoms with Crippen LogP contribution in [0.2, 0.25) is 10.0 Å². The predicted molar refractivity (Wildman–Crippen MR) is 97.6 cm³/mol. The van der Waals surface area contributed by atoms with Crippen LogP contribution in [0.15, 0.2) is 36.4 Å². The summed E-state index contributed by atoms with van der Waals surface area (Å²) in [5.74, 6) is 1.06. The fourth-order valence-electron chi connectivity index (χ4n) is 2.18. The molecule has 2 rings (SSSR count). The number of hydrogen-bond acceptors (Lipinski definition) is 3. The van der Waals surface area contributed by atoms with Gasteiger partial charge in [-0.1, -0.05) is 29.3 Å². The first-order chi connectivity index (χ1) is 11.5. The molecule has 4 nitrogen and oxygen atoms in total. The minimum atomic E-state index is -0.200. The number of anilines is 1. The molecule has 2 aromatic carbocycles. The van der Waals surface area contributed by atoms with Crippen molar-refractivity contribution < 1.29 is 14.3 Å². The first-order valence-corrected chi connectivity index (χ1v) is 8.42. The standard InChI is InChI=1S/C18H19Cl2NO3/c1-3-23-14-7-8-17(24-4-2)16(11-14)21-18(22)9-12-5-6-13(19)10-15(12)20/h5-8,10-11H,3-4,9H2,1-2H3,(H,21,22). The summed E-state index contributed by atoms with van der Waals surface area (Å²) in [6, 6.07) is 10.4. The van der Waals surface area contributed by atoms with E-state index in [1.807, 2.05) is 13.8 Å². The Labute approximate surface area is 151 Å². The quantitative estimate of drug-likeness (QED) is 0.751. The lowest BCUT2D eigenvalue weighted by Gasteiger charge is -2.14. The molecular weight excluding hydrogens is 349 g/mol. The zero-order chi connectivity index (χ0) is 17.5. The van der Waals surface area contributed by atoms with Crippen molar-refractivity contribution in [1.29, 1.82) is 0 Å². The number of ether oxygens (including phenoxy) is 2. The fraction of sp³-hybridized carbons (Fsp3) is 0.278. The Morgan fingerprint density at radius 3 is 2.46 bits per heavy atom. The highest BCUT2D eigenvalue weighted by Crippen LogP contribution is 2.30. The third-order valence-corrected chi connectivity index (χ3v) is 3.79. The first kappa shape index (κ1) is 18.4. The average molecular weight is 368 g/mol. The van der Waals surface area contributed by atoms with Gasteiger partial charge in [-0.05, 0) is 43.7 Å². The molecule has 0 unspecified atom stereocenters. The van der Waals surface area contributed by atoms with E-state index in [9.17, 15) is 4.79 Å². The van der Waals surface area contributed by atoms with Gasteiger partial charge in [-0.25, -0.2) is 0 Å². The van der Waals surface area contributed by atoms with Crippen LogP contribution in [0.1, 0.15) is 19.4 Å². The summed E-state index contributed by atoms with van der Waals surface area (Å²) in [5.41, 5.74) is 1.27. The monoisotopic (exact) mass is 367 g/mol. The van der Waals surface area contributed by atoms with E-state index in [-0.39, 0.29) is 12.3 Å². The SMILES string of the molecule is CCOc1ccc(OCC)c(NC(=O)Cc2ccc(Cl)cc2Cl)c1. The largest absolute Gasteiger partial charge is 0.494 e. The predicted octanol–water partition coefficient (Wildman–Crippen LogP) is 4.97. The van der Waals surface area contributed by atoms with Crippen molar-refractivity contribution in [3.63, 3.8) is 0 Å². The second-order valence-corrected chi connectivity index (χ2v) is 5.83. The maximum atomic E-state index is 12.3. The summed E-state index contributed by atoms with van der Waals surface area (Å²) in [5, 5.41) is 3.85. The van der Waals surface area contributed by atoms with Crippen LogP contribution < -0.4 is 14.8 Å². The van der Waals surface area contributed by atoms with Crippen LogP contribution in [-0.4, -0.2) is 19.1 Å². The van der Waals surface area contributed by atoms with E-state index in [0.29, 0.717) is 46.0 Å². The molecule has 0 atom stereocenters. The lowest BCUT2D eigenvalue weighted by atomic mass is 10.1. The van der Waals surface area contributed by atoms with Crippen LogP contribution in [0.4, 0.5) is 5.69 Å². The first-order valence-electron chi connectivity index (χ1n) is 7.67. The Kier molecular flexibility index (Phi) is 6.76. The molecule has 128 valence electrons. The van der Waals surface area contributed by atoms with Gasteiger partial charge in [0, 0.05) is 16.1 Å². The van der Waals surface area contributed by atoms with Gasteiger partial charge in [-0.2, -0.15) is 0 Å². The normalized spacial score (nSPS) is 10.3. The highest BCUT2D eigenvalue weighted by atomic mass is 35.5. The lowest BCUT2D eigenvalue weighted by Crippen LogP contribution is -2.15. The maximum Gasteiger partial charge on any atom is 0.228 e. The summed E-state index contributed by atoms with van der Waals surface area (Å²) < 4.78 is 11.0. The van der Waals surface area contributed by atoms with Crippen molar-refractivity contribution >= 4 is 34.8 Å². The molecule has 1 amide bonds. The van der Waals surface area contributed by atoms with Gasteiger partial charge in [-0.3, -0.25) is 4.79 Å². The number of nitrogens with one attached hydrogen (secondary N) is 1. The van der Waals surface area contributed by atoms with Crippen LogP contribution in [-0.2, 0) is 11.2 Å². The molecule has 0 aliphatic rings. The topological polar surface area (TPSA) is 47.6 Å². The Balaban J connectivity index is 2.15. The third-order valence-electron chi connectivity index (χ3n) is 3.20. The highest BCUT2D eigenvalue weighted by molar-refractivity contribution is 6.35. The minimum Gasteiger partial charge on any atom is -0.494 e. The van der Waals surface area contributed by atoms with Crippen molar-refractivity contribution in [3.8, 4) is 11.5 Å². The zero-order valence-corrected chi connectivity index (χ0v) is 15.1. The molecule has 2 aromatic rings. The van der Waals surface area contributed by atoms with E-state index in [1.54, 1.807) is 36.4 Å². The van der Waals surface area contributed by atoms with Gasteiger partial charge in [0.2, 0.25) is 5.91 Å². The summed E-state index contributed by atoms with van der Waals surface area (Å²) in [6.45, 7) is 4.83. The molecule has 0 fully saturated rings. The second kappa shape index (κ2) is 8.81. The number of amides is 1. The number of benzene rings is 2. The van der Waals surface area contributed by atoms with E-state index >= 15 is 0 Å². The second-order valence-electron chi connectivity index (χ2n) is 4.98. The van der Waals surface area contributed by atoms with Gasteiger partial charge >= 0.3 is 0 Å². The molecular formula is C18H19Cl2NO3. The van der Waals surface area contributed by atoms with Crippen LogP contribution in [0.25, 0.3) is 0 Å².